The molecule has 0 radical (unpaired) electrons. The van der Waals surface area contributed by atoms with Gasteiger partial charge in [0.15, 0.2) is 11.7 Å². The Kier molecular flexibility index (Phi) is 9.93. The van der Waals surface area contributed by atoms with E-state index in [1.807, 2.05) is 13.0 Å². The molecule has 0 bridgehead atoms. The molecule has 0 amide bonds. The lowest BCUT2D eigenvalue weighted by atomic mass is 10.1. The number of rotatable bonds is 7. The summed E-state index contributed by atoms with van der Waals surface area (Å²) in [6.45, 7) is 7.92. The number of guanidine groups is 1. The van der Waals surface area contributed by atoms with Crippen LogP contribution in [0.1, 0.15) is 43.7 Å². The van der Waals surface area contributed by atoms with Crippen LogP contribution in [0.5, 0.6) is 0 Å². The van der Waals surface area contributed by atoms with Gasteiger partial charge in [0.25, 0.3) is 0 Å². The SMILES string of the molecule is CCNC(=NCc1cc(C(C)C)no1)NCCc1ccc(F)cc1Cl.I. The zero-order chi connectivity index (χ0) is 18.2. The Morgan fingerprint density at radius 2 is 2.08 bits per heavy atom. The van der Waals surface area contributed by atoms with E-state index in [1.54, 1.807) is 6.07 Å². The van der Waals surface area contributed by atoms with Crippen molar-refractivity contribution in [1.29, 1.82) is 0 Å². The summed E-state index contributed by atoms with van der Waals surface area (Å²) in [5, 5.41) is 10.9. The van der Waals surface area contributed by atoms with Gasteiger partial charge in [0.1, 0.15) is 12.4 Å². The maximum absolute atomic E-state index is 13.1. The molecule has 144 valence electrons. The average Bonchev–Trinajstić information content (AvgIpc) is 3.04. The first-order valence-corrected chi connectivity index (χ1v) is 8.79. The van der Waals surface area contributed by atoms with Crippen LogP contribution < -0.4 is 10.6 Å². The van der Waals surface area contributed by atoms with E-state index in [-0.39, 0.29) is 29.8 Å². The van der Waals surface area contributed by atoms with E-state index in [4.69, 9.17) is 16.1 Å². The van der Waals surface area contributed by atoms with Gasteiger partial charge in [-0.2, -0.15) is 0 Å². The molecule has 0 fully saturated rings. The normalized spacial score (nSPS) is 11.4. The number of aromatic nitrogens is 1. The van der Waals surface area contributed by atoms with Crippen molar-refractivity contribution < 1.29 is 8.91 Å². The fourth-order valence-electron chi connectivity index (χ4n) is 2.21. The molecule has 0 aliphatic heterocycles. The van der Waals surface area contributed by atoms with E-state index in [1.165, 1.54) is 12.1 Å². The molecule has 0 spiro atoms. The lowest BCUT2D eigenvalue weighted by Crippen LogP contribution is -2.38. The number of benzene rings is 1. The largest absolute Gasteiger partial charge is 0.359 e. The van der Waals surface area contributed by atoms with Crippen LogP contribution >= 0.6 is 35.6 Å². The van der Waals surface area contributed by atoms with Crippen molar-refractivity contribution in [2.24, 2.45) is 4.99 Å². The summed E-state index contributed by atoms with van der Waals surface area (Å²) in [5.41, 5.74) is 1.82. The highest BCUT2D eigenvalue weighted by Crippen LogP contribution is 2.17. The van der Waals surface area contributed by atoms with Gasteiger partial charge in [-0.1, -0.05) is 36.7 Å². The van der Waals surface area contributed by atoms with Gasteiger partial charge in [0, 0.05) is 24.2 Å². The molecule has 2 aromatic rings. The molecule has 5 nitrogen and oxygen atoms in total. The third kappa shape index (κ3) is 7.11. The Morgan fingerprint density at radius 3 is 2.69 bits per heavy atom. The van der Waals surface area contributed by atoms with Gasteiger partial charge in [-0.3, -0.25) is 0 Å². The van der Waals surface area contributed by atoms with Gasteiger partial charge in [0.2, 0.25) is 0 Å². The standard InChI is InChI=1S/C18H24ClFN4O.HI/c1-4-21-18(23-11-15-10-17(12(2)3)24-25-15)22-8-7-13-5-6-14(20)9-16(13)19;/h5-6,9-10,12H,4,7-8,11H2,1-3H3,(H2,21,22,23);1H. The molecule has 2 rings (SSSR count). The third-order valence-corrected chi connectivity index (χ3v) is 3.96. The molecule has 26 heavy (non-hydrogen) atoms. The van der Waals surface area contributed by atoms with Gasteiger partial charge in [-0.25, -0.2) is 9.38 Å². The Morgan fingerprint density at radius 1 is 1.31 bits per heavy atom. The lowest BCUT2D eigenvalue weighted by molar-refractivity contribution is 0.376. The lowest BCUT2D eigenvalue weighted by Gasteiger charge is -2.11. The highest BCUT2D eigenvalue weighted by atomic mass is 127. The van der Waals surface area contributed by atoms with Gasteiger partial charge in [0.05, 0.1) is 5.69 Å². The zero-order valence-corrected chi connectivity index (χ0v) is 18.3. The minimum absolute atomic E-state index is 0. The number of halogens is 3. The van der Waals surface area contributed by atoms with Crippen molar-refractivity contribution in [2.75, 3.05) is 13.1 Å². The maximum atomic E-state index is 13.1. The van der Waals surface area contributed by atoms with Crippen molar-refractivity contribution in [3.8, 4) is 0 Å². The van der Waals surface area contributed by atoms with Crippen LogP contribution in [0.2, 0.25) is 5.02 Å². The second kappa shape index (κ2) is 11.4. The second-order valence-corrected chi connectivity index (χ2v) is 6.39. The smallest absolute Gasteiger partial charge is 0.191 e. The van der Waals surface area contributed by atoms with Crippen molar-refractivity contribution in [2.45, 2.75) is 39.7 Å². The van der Waals surface area contributed by atoms with Crippen LogP contribution in [0.3, 0.4) is 0 Å². The molecule has 0 unspecified atom stereocenters. The fraction of sp³-hybridized carbons (Fsp3) is 0.444. The van der Waals surface area contributed by atoms with Gasteiger partial charge in [-0.15, -0.1) is 24.0 Å². The minimum Gasteiger partial charge on any atom is -0.359 e. The first-order chi connectivity index (χ1) is 12.0. The number of nitrogens with one attached hydrogen (secondary N) is 2. The average molecular weight is 495 g/mol. The van der Waals surface area contributed by atoms with Gasteiger partial charge < -0.3 is 15.2 Å². The van der Waals surface area contributed by atoms with Crippen molar-refractivity contribution in [1.82, 2.24) is 15.8 Å². The van der Waals surface area contributed by atoms with Crippen LogP contribution in [-0.4, -0.2) is 24.2 Å². The molecule has 0 aliphatic carbocycles. The summed E-state index contributed by atoms with van der Waals surface area (Å²) in [6.07, 6.45) is 0.670. The Hall–Kier alpha value is -1.35. The van der Waals surface area contributed by atoms with Crippen LogP contribution in [0.25, 0.3) is 0 Å². The molecule has 1 aromatic carbocycles. The molecule has 1 heterocycles. The monoisotopic (exact) mass is 494 g/mol. The molecule has 0 atom stereocenters. The molecular formula is C18H25ClFIN4O. The maximum Gasteiger partial charge on any atom is 0.191 e. The summed E-state index contributed by atoms with van der Waals surface area (Å²) in [6, 6.07) is 6.37. The zero-order valence-electron chi connectivity index (χ0n) is 15.2. The quantitative estimate of drug-likeness (QED) is 0.338. The predicted molar refractivity (Wildman–Crippen MR) is 114 cm³/mol. The number of hydrogen-bond acceptors (Lipinski definition) is 3. The molecule has 1 aromatic heterocycles. The van der Waals surface area contributed by atoms with E-state index in [2.05, 4.69) is 34.6 Å². The first-order valence-electron chi connectivity index (χ1n) is 8.41. The molecular weight excluding hydrogens is 470 g/mol. The van der Waals surface area contributed by atoms with E-state index in [9.17, 15) is 4.39 Å². The number of nitrogens with zero attached hydrogens (tertiary/aromatic N) is 2. The predicted octanol–water partition coefficient (Wildman–Crippen LogP) is 4.51. The van der Waals surface area contributed by atoms with Crippen molar-refractivity contribution in [3.63, 3.8) is 0 Å². The van der Waals surface area contributed by atoms with Crippen LogP contribution in [0.4, 0.5) is 4.39 Å². The van der Waals surface area contributed by atoms with Crippen LogP contribution in [0, 0.1) is 5.82 Å². The fourth-order valence-corrected chi connectivity index (χ4v) is 2.48. The summed E-state index contributed by atoms with van der Waals surface area (Å²) in [4.78, 5) is 4.49. The number of aliphatic imine (C=N–C) groups is 1. The topological polar surface area (TPSA) is 62.5 Å². The van der Waals surface area contributed by atoms with Crippen LogP contribution in [-0.2, 0) is 13.0 Å². The molecule has 2 N–H and O–H groups in total. The highest BCUT2D eigenvalue weighted by Gasteiger charge is 2.08. The van der Waals surface area contributed by atoms with E-state index in [0.717, 1.165) is 23.6 Å². The first kappa shape index (κ1) is 22.7. The Bertz CT molecular complexity index is 721. The molecule has 0 saturated carbocycles. The van der Waals surface area contributed by atoms with Gasteiger partial charge >= 0.3 is 0 Å². The summed E-state index contributed by atoms with van der Waals surface area (Å²) in [5.74, 6) is 1.41. The van der Waals surface area contributed by atoms with Gasteiger partial charge in [-0.05, 0) is 37.0 Å². The van der Waals surface area contributed by atoms with E-state index >= 15 is 0 Å². The minimum atomic E-state index is -0.329. The summed E-state index contributed by atoms with van der Waals surface area (Å²) in [7, 11) is 0. The Balaban J connectivity index is 0.00000338. The van der Waals surface area contributed by atoms with Crippen LogP contribution in [0.15, 0.2) is 33.8 Å². The summed E-state index contributed by atoms with van der Waals surface area (Å²) >= 11 is 6.04. The summed E-state index contributed by atoms with van der Waals surface area (Å²) < 4.78 is 18.4. The highest BCUT2D eigenvalue weighted by molar-refractivity contribution is 14.0. The van der Waals surface area contributed by atoms with E-state index < -0.39 is 0 Å². The molecule has 8 heteroatoms. The third-order valence-electron chi connectivity index (χ3n) is 3.61. The number of hydrogen-bond donors (Lipinski definition) is 2. The molecule has 0 aliphatic rings. The van der Waals surface area contributed by atoms with Crippen molar-refractivity contribution >= 4 is 41.5 Å². The van der Waals surface area contributed by atoms with Crippen molar-refractivity contribution in [3.05, 3.63) is 52.1 Å². The van der Waals surface area contributed by atoms with E-state index in [0.29, 0.717) is 36.4 Å². The second-order valence-electron chi connectivity index (χ2n) is 5.98. The molecule has 0 saturated heterocycles. The Labute approximate surface area is 175 Å².